The molecule has 4 nitrogen and oxygen atoms in total. The van der Waals surface area contributed by atoms with Crippen LogP contribution in [0.4, 0.5) is 0 Å². The van der Waals surface area contributed by atoms with Crippen molar-refractivity contribution in [3.05, 3.63) is 22.4 Å². The lowest BCUT2D eigenvalue weighted by Crippen LogP contribution is -2.33. The molecule has 1 unspecified atom stereocenters. The van der Waals surface area contributed by atoms with Crippen LogP contribution in [-0.2, 0) is 11.3 Å². The summed E-state index contributed by atoms with van der Waals surface area (Å²) < 4.78 is 0. The summed E-state index contributed by atoms with van der Waals surface area (Å²) in [4.78, 5) is 13.7. The van der Waals surface area contributed by atoms with Gasteiger partial charge in [-0.2, -0.15) is 0 Å². The topological polar surface area (TPSA) is 60.8 Å². The third kappa shape index (κ3) is 4.74. The number of likely N-dealkylation sites (N-methyl/N-ethyl adjacent to an activating group) is 1. The second-order valence-electron chi connectivity index (χ2n) is 3.66. The van der Waals surface area contributed by atoms with Crippen LogP contribution in [0.3, 0.4) is 0 Å². The molecule has 0 radical (unpaired) electrons. The number of rotatable bonds is 7. The van der Waals surface area contributed by atoms with Crippen molar-refractivity contribution in [2.24, 2.45) is 0 Å². The van der Waals surface area contributed by atoms with Crippen molar-refractivity contribution in [3.63, 3.8) is 0 Å². The first kappa shape index (κ1) is 13.2. The highest BCUT2D eigenvalue weighted by Gasteiger charge is 2.14. The Hall–Kier alpha value is -0.910. The highest BCUT2D eigenvalue weighted by Crippen LogP contribution is 2.12. The Kier molecular flexibility index (Phi) is 5.45. The fourth-order valence-electron chi connectivity index (χ4n) is 1.49. The molecule has 5 heteroatoms. The minimum Gasteiger partial charge on any atom is -0.481 e. The van der Waals surface area contributed by atoms with Crippen molar-refractivity contribution >= 4 is 17.3 Å². The highest BCUT2D eigenvalue weighted by molar-refractivity contribution is 7.09. The van der Waals surface area contributed by atoms with E-state index in [1.807, 2.05) is 29.3 Å². The monoisotopic (exact) mass is 243 g/mol. The molecule has 1 aromatic heterocycles. The van der Waals surface area contributed by atoms with E-state index >= 15 is 0 Å². The van der Waals surface area contributed by atoms with Gasteiger partial charge in [-0.05, 0) is 18.0 Å². The van der Waals surface area contributed by atoms with Gasteiger partial charge in [-0.1, -0.05) is 13.0 Å². The summed E-state index contributed by atoms with van der Waals surface area (Å²) in [6.07, 6.45) is -0.988. The average Bonchev–Trinajstić information content (AvgIpc) is 2.68. The van der Waals surface area contributed by atoms with Crippen molar-refractivity contribution in [2.75, 3.05) is 13.1 Å². The first-order valence-electron chi connectivity index (χ1n) is 5.26. The number of carboxylic acid groups (broad SMARTS) is 1. The molecule has 2 N–H and O–H groups in total. The van der Waals surface area contributed by atoms with Crippen LogP contribution in [0, 0.1) is 0 Å². The van der Waals surface area contributed by atoms with Gasteiger partial charge in [0.25, 0.3) is 0 Å². The summed E-state index contributed by atoms with van der Waals surface area (Å²) in [6.45, 7) is 3.97. The Morgan fingerprint density at radius 2 is 2.38 bits per heavy atom. The predicted molar refractivity (Wildman–Crippen MR) is 63.5 cm³/mol. The van der Waals surface area contributed by atoms with E-state index in [9.17, 15) is 9.90 Å². The molecule has 90 valence electrons. The van der Waals surface area contributed by atoms with Gasteiger partial charge in [0.15, 0.2) is 0 Å². The molecule has 0 aliphatic carbocycles. The zero-order chi connectivity index (χ0) is 12.0. The zero-order valence-electron chi connectivity index (χ0n) is 9.30. The third-order valence-electron chi connectivity index (χ3n) is 2.29. The molecule has 1 rings (SSSR count). The van der Waals surface area contributed by atoms with E-state index in [4.69, 9.17) is 5.11 Å². The Bertz CT molecular complexity index is 313. The fourth-order valence-corrected chi connectivity index (χ4v) is 2.24. The Morgan fingerprint density at radius 3 is 2.88 bits per heavy atom. The summed E-state index contributed by atoms with van der Waals surface area (Å²) >= 11 is 1.67. The third-order valence-corrected chi connectivity index (χ3v) is 3.15. The van der Waals surface area contributed by atoms with Gasteiger partial charge in [-0.15, -0.1) is 11.3 Å². The van der Waals surface area contributed by atoms with E-state index in [1.54, 1.807) is 11.3 Å². The molecule has 1 heterocycles. The normalized spacial score (nSPS) is 12.9. The van der Waals surface area contributed by atoms with Gasteiger partial charge < -0.3 is 10.2 Å². The Morgan fingerprint density at radius 1 is 1.62 bits per heavy atom. The van der Waals surface area contributed by atoms with E-state index in [2.05, 4.69) is 0 Å². The van der Waals surface area contributed by atoms with Gasteiger partial charge in [0.05, 0.1) is 12.5 Å². The molecule has 1 atom stereocenters. The summed E-state index contributed by atoms with van der Waals surface area (Å²) in [5, 5.41) is 20.1. The van der Waals surface area contributed by atoms with E-state index in [0.29, 0.717) is 6.54 Å². The van der Waals surface area contributed by atoms with Crippen molar-refractivity contribution < 1.29 is 15.0 Å². The van der Waals surface area contributed by atoms with Crippen molar-refractivity contribution in [3.8, 4) is 0 Å². The first-order chi connectivity index (χ1) is 7.61. The maximum atomic E-state index is 10.4. The van der Waals surface area contributed by atoms with Gasteiger partial charge in [0, 0.05) is 18.0 Å². The van der Waals surface area contributed by atoms with Crippen LogP contribution in [0.2, 0.25) is 0 Å². The van der Waals surface area contributed by atoms with E-state index in [-0.39, 0.29) is 6.42 Å². The molecule has 0 fully saturated rings. The van der Waals surface area contributed by atoms with E-state index in [1.165, 1.54) is 4.88 Å². The minimum absolute atomic E-state index is 0.194. The molecule has 0 spiro atoms. The number of aliphatic hydroxyl groups excluding tert-OH is 1. The largest absolute Gasteiger partial charge is 0.481 e. The number of carboxylic acids is 1. The second kappa shape index (κ2) is 6.62. The van der Waals surface area contributed by atoms with Gasteiger partial charge >= 0.3 is 5.97 Å². The molecule has 0 bridgehead atoms. The minimum atomic E-state index is -0.959. The highest BCUT2D eigenvalue weighted by atomic mass is 32.1. The van der Waals surface area contributed by atoms with Gasteiger partial charge in [0.1, 0.15) is 0 Å². The smallest absolute Gasteiger partial charge is 0.306 e. The Balaban J connectivity index is 2.39. The number of thiophene rings is 1. The van der Waals surface area contributed by atoms with Gasteiger partial charge in [-0.3, -0.25) is 9.69 Å². The molecule has 0 saturated heterocycles. The van der Waals surface area contributed by atoms with Crippen LogP contribution in [0.15, 0.2) is 17.5 Å². The zero-order valence-corrected chi connectivity index (χ0v) is 10.1. The second-order valence-corrected chi connectivity index (χ2v) is 4.69. The van der Waals surface area contributed by atoms with E-state index in [0.717, 1.165) is 13.1 Å². The summed E-state index contributed by atoms with van der Waals surface area (Å²) in [6, 6.07) is 4.03. The maximum Gasteiger partial charge on any atom is 0.306 e. The molecule has 16 heavy (non-hydrogen) atoms. The van der Waals surface area contributed by atoms with Crippen molar-refractivity contribution in [1.82, 2.24) is 4.90 Å². The van der Waals surface area contributed by atoms with Crippen molar-refractivity contribution in [1.29, 1.82) is 0 Å². The van der Waals surface area contributed by atoms with Crippen LogP contribution in [0.1, 0.15) is 18.2 Å². The van der Waals surface area contributed by atoms with Crippen LogP contribution in [0.5, 0.6) is 0 Å². The summed E-state index contributed by atoms with van der Waals surface area (Å²) in [5.74, 6) is -0.959. The molecule has 0 aliphatic rings. The lowest BCUT2D eigenvalue weighted by atomic mass is 10.2. The number of nitrogens with zero attached hydrogens (tertiary/aromatic N) is 1. The number of aliphatic carboxylic acids is 1. The van der Waals surface area contributed by atoms with Crippen LogP contribution < -0.4 is 0 Å². The maximum absolute atomic E-state index is 10.4. The quantitative estimate of drug-likeness (QED) is 0.760. The van der Waals surface area contributed by atoms with Crippen LogP contribution in [0.25, 0.3) is 0 Å². The van der Waals surface area contributed by atoms with Crippen LogP contribution >= 0.6 is 11.3 Å². The van der Waals surface area contributed by atoms with Crippen LogP contribution in [-0.4, -0.2) is 40.3 Å². The lowest BCUT2D eigenvalue weighted by molar-refractivity contribution is -0.139. The fraction of sp³-hybridized carbons (Fsp3) is 0.545. The molecular formula is C11H17NO3S. The first-order valence-corrected chi connectivity index (χ1v) is 6.14. The summed E-state index contributed by atoms with van der Waals surface area (Å²) in [5.41, 5.74) is 0. The molecule has 0 saturated carbocycles. The van der Waals surface area contributed by atoms with Crippen molar-refractivity contribution in [2.45, 2.75) is 26.0 Å². The van der Waals surface area contributed by atoms with Gasteiger partial charge in [-0.25, -0.2) is 0 Å². The molecule has 1 aromatic rings. The standard InChI is InChI=1S/C11H17NO3S/c1-2-12(7-9(13)6-11(14)15)8-10-4-3-5-16-10/h3-5,9,13H,2,6-8H2,1H3,(H,14,15). The molecular weight excluding hydrogens is 226 g/mol. The Labute approximate surface area is 99.1 Å². The average molecular weight is 243 g/mol. The molecule has 0 amide bonds. The number of hydrogen-bond donors (Lipinski definition) is 2. The molecule has 0 aromatic carbocycles. The molecule has 0 aliphatic heterocycles. The predicted octanol–water partition coefficient (Wildman–Crippen LogP) is 1.41. The number of hydrogen-bond acceptors (Lipinski definition) is 4. The van der Waals surface area contributed by atoms with Gasteiger partial charge in [0.2, 0.25) is 0 Å². The lowest BCUT2D eigenvalue weighted by Gasteiger charge is -2.22. The number of aliphatic hydroxyl groups is 1. The number of carbonyl (C=O) groups is 1. The van der Waals surface area contributed by atoms with E-state index < -0.39 is 12.1 Å². The SMILES string of the molecule is CCN(Cc1cccs1)CC(O)CC(=O)O. The summed E-state index contributed by atoms with van der Waals surface area (Å²) in [7, 11) is 0.